The minimum atomic E-state index is -0.526. The van der Waals surface area contributed by atoms with Crippen LogP contribution in [0.2, 0.25) is 0 Å². The first kappa shape index (κ1) is 18.0. The van der Waals surface area contributed by atoms with Crippen LogP contribution in [0.4, 0.5) is 0 Å². The van der Waals surface area contributed by atoms with E-state index in [1.54, 1.807) is 0 Å². The molecule has 0 saturated carbocycles. The van der Waals surface area contributed by atoms with E-state index >= 15 is 0 Å². The molecule has 1 aromatic rings. The maximum atomic E-state index is 9.92. The molecular weight excluding hydrogens is 266 g/mol. The number of nitrogens with one attached hydrogen (secondary N) is 1. The third kappa shape index (κ3) is 7.46. The molecule has 0 aliphatic heterocycles. The quantitative estimate of drug-likeness (QED) is 0.584. The molecule has 0 bridgehead atoms. The van der Waals surface area contributed by atoms with Crippen LogP contribution >= 0.6 is 0 Å². The van der Waals surface area contributed by atoms with Crippen LogP contribution in [0.1, 0.15) is 32.3 Å². The largest absolute Gasteiger partial charge is 0.491 e. The first-order valence-electron chi connectivity index (χ1n) is 7.90. The monoisotopic (exact) mass is 295 g/mol. The maximum absolute atomic E-state index is 9.92. The van der Waals surface area contributed by atoms with Gasteiger partial charge in [0.05, 0.1) is 0 Å². The summed E-state index contributed by atoms with van der Waals surface area (Å²) >= 11 is 0. The van der Waals surface area contributed by atoms with Crippen molar-refractivity contribution in [1.29, 1.82) is 0 Å². The Labute approximate surface area is 128 Å². The van der Waals surface area contributed by atoms with Gasteiger partial charge in [0.15, 0.2) is 0 Å². The van der Waals surface area contributed by atoms with Gasteiger partial charge in [-0.15, -0.1) is 0 Å². The van der Waals surface area contributed by atoms with Crippen molar-refractivity contribution >= 4 is 0 Å². The summed E-state index contributed by atoms with van der Waals surface area (Å²) in [4.78, 5) is 0. The second kappa shape index (κ2) is 10.6. The van der Waals surface area contributed by atoms with Crippen LogP contribution in [0.25, 0.3) is 0 Å². The molecule has 1 aromatic carbocycles. The summed E-state index contributed by atoms with van der Waals surface area (Å²) in [7, 11) is 0. The summed E-state index contributed by atoms with van der Waals surface area (Å²) in [6.45, 7) is 6.06. The number of aliphatic hydroxyl groups excluding tert-OH is 2. The van der Waals surface area contributed by atoms with E-state index in [2.05, 4.69) is 25.2 Å². The molecule has 3 N–H and O–H groups in total. The Kier molecular flexibility index (Phi) is 9.06. The number of ether oxygens (including phenoxy) is 1. The molecule has 1 rings (SSSR count). The Bertz CT molecular complexity index is 384. The van der Waals surface area contributed by atoms with Gasteiger partial charge in [-0.2, -0.15) is 0 Å². The summed E-state index contributed by atoms with van der Waals surface area (Å²) in [5.74, 6) is 1.27. The Morgan fingerprint density at radius 1 is 1.24 bits per heavy atom. The van der Waals surface area contributed by atoms with Crippen molar-refractivity contribution in [2.75, 3.05) is 26.3 Å². The normalized spacial score (nSPS) is 13.9. The highest BCUT2D eigenvalue weighted by Crippen LogP contribution is 2.13. The molecule has 0 radical (unpaired) electrons. The highest BCUT2D eigenvalue weighted by atomic mass is 16.5. The van der Waals surface area contributed by atoms with Crippen LogP contribution in [-0.2, 0) is 6.42 Å². The fourth-order valence-corrected chi connectivity index (χ4v) is 2.19. The highest BCUT2D eigenvalue weighted by molar-refractivity contribution is 5.28. The molecule has 0 saturated heterocycles. The molecule has 4 nitrogen and oxygen atoms in total. The van der Waals surface area contributed by atoms with Gasteiger partial charge in [0, 0.05) is 13.2 Å². The van der Waals surface area contributed by atoms with Crippen molar-refractivity contribution in [2.24, 2.45) is 5.92 Å². The van der Waals surface area contributed by atoms with E-state index in [1.807, 2.05) is 18.2 Å². The lowest BCUT2D eigenvalue weighted by atomic mass is 10.0. The molecule has 2 unspecified atom stereocenters. The van der Waals surface area contributed by atoms with Crippen molar-refractivity contribution in [3.8, 4) is 5.75 Å². The first-order chi connectivity index (χ1) is 10.2. The smallest absolute Gasteiger partial charge is 0.119 e. The SMILES string of the molecule is CCc1cccc(OCC(O)CNCC(CC)CCO)c1. The van der Waals surface area contributed by atoms with E-state index in [9.17, 15) is 5.11 Å². The lowest BCUT2D eigenvalue weighted by Crippen LogP contribution is -2.34. The molecular formula is C17H29NO3. The second-order valence-corrected chi connectivity index (χ2v) is 5.41. The number of aryl methyl sites for hydroxylation is 1. The minimum absolute atomic E-state index is 0.222. The number of aliphatic hydroxyl groups is 2. The van der Waals surface area contributed by atoms with Crippen LogP contribution in [-0.4, -0.2) is 42.6 Å². The van der Waals surface area contributed by atoms with Crippen molar-refractivity contribution in [3.63, 3.8) is 0 Å². The van der Waals surface area contributed by atoms with Gasteiger partial charge in [0.1, 0.15) is 18.5 Å². The van der Waals surface area contributed by atoms with Crippen LogP contribution < -0.4 is 10.1 Å². The van der Waals surface area contributed by atoms with Crippen LogP contribution in [0.5, 0.6) is 5.75 Å². The summed E-state index contributed by atoms with van der Waals surface area (Å²) < 4.78 is 5.61. The lowest BCUT2D eigenvalue weighted by molar-refractivity contribution is 0.105. The zero-order valence-electron chi connectivity index (χ0n) is 13.2. The predicted octanol–water partition coefficient (Wildman–Crippen LogP) is 1.99. The van der Waals surface area contributed by atoms with Gasteiger partial charge in [-0.1, -0.05) is 32.4 Å². The topological polar surface area (TPSA) is 61.7 Å². The van der Waals surface area contributed by atoms with Gasteiger partial charge in [-0.3, -0.25) is 0 Å². The standard InChI is InChI=1S/C17H29NO3/c1-3-14-6-5-7-17(10-14)21-13-16(20)12-18-11-15(4-2)8-9-19/h5-7,10,15-16,18-20H,3-4,8-9,11-13H2,1-2H3. The maximum Gasteiger partial charge on any atom is 0.119 e. The van der Waals surface area contributed by atoms with Gasteiger partial charge in [0.2, 0.25) is 0 Å². The number of hydrogen-bond acceptors (Lipinski definition) is 4. The molecule has 21 heavy (non-hydrogen) atoms. The molecule has 120 valence electrons. The van der Waals surface area contributed by atoms with E-state index in [0.717, 1.165) is 31.6 Å². The molecule has 0 fully saturated rings. The third-order valence-corrected chi connectivity index (χ3v) is 3.68. The summed E-state index contributed by atoms with van der Waals surface area (Å²) in [5, 5.41) is 22.1. The Balaban J connectivity index is 2.22. The van der Waals surface area contributed by atoms with E-state index in [4.69, 9.17) is 9.84 Å². The van der Waals surface area contributed by atoms with Crippen molar-refractivity contribution in [3.05, 3.63) is 29.8 Å². The molecule has 0 amide bonds. The fourth-order valence-electron chi connectivity index (χ4n) is 2.19. The fraction of sp³-hybridized carbons (Fsp3) is 0.647. The van der Waals surface area contributed by atoms with Gasteiger partial charge in [0.25, 0.3) is 0 Å². The molecule has 0 aromatic heterocycles. The lowest BCUT2D eigenvalue weighted by Gasteiger charge is -2.17. The van der Waals surface area contributed by atoms with Gasteiger partial charge in [-0.25, -0.2) is 0 Å². The number of rotatable bonds is 11. The van der Waals surface area contributed by atoms with Crippen molar-refractivity contribution in [2.45, 2.75) is 39.2 Å². The summed E-state index contributed by atoms with van der Waals surface area (Å²) in [6, 6.07) is 7.96. The highest BCUT2D eigenvalue weighted by Gasteiger charge is 2.08. The number of hydrogen-bond donors (Lipinski definition) is 3. The zero-order chi connectivity index (χ0) is 15.5. The van der Waals surface area contributed by atoms with E-state index in [0.29, 0.717) is 12.5 Å². The Hall–Kier alpha value is -1.10. The predicted molar refractivity (Wildman–Crippen MR) is 85.7 cm³/mol. The third-order valence-electron chi connectivity index (χ3n) is 3.68. The van der Waals surface area contributed by atoms with E-state index in [-0.39, 0.29) is 13.2 Å². The summed E-state index contributed by atoms with van der Waals surface area (Å²) in [5.41, 5.74) is 1.23. The van der Waals surface area contributed by atoms with Crippen LogP contribution in [0, 0.1) is 5.92 Å². The molecule has 2 atom stereocenters. The Morgan fingerprint density at radius 2 is 2.05 bits per heavy atom. The van der Waals surface area contributed by atoms with E-state index in [1.165, 1.54) is 5.56 Å². The van der Waals surface area contributed by atoms with Crippen LogP contribution in [0.15, 0.2) is 24.3 Å². The molecule has 0 heterocycles. The van der Waals surface area contributed by atoms with Crippen molar-refractivity contribution in [1.82, 2.24) is 5.32 Å². The molecule has 0 spiro atoms. The number of benzene rings is 1. The second-order valence-electron chi connectivity index (χ2n) is 5.41. The van der Waals surface area contributed by atoms with Gasteiger partial charge in [-0.05, 0) is 43.0 Å². The molecule has 0 aliphatic rings. The van der Waals surface area contributed by atoms with Gasteiger partial charge < -0.3 is 20.3 Å². The summed E-state index contributed by atoms with van der Waals surface area (Å²) in [6.07, 6.45) is 2.29. The average Bonchev–Trinajstić information content (AvgIpc) is 2.52. The zero-order valence-corrected chi connectivity index (χ0v) is 13.2. The van der Waals surface area contributed by atoms with Crippen molar-refractivity contribution < 1.29 is 14.9 Å². The average molecular weight is 295 g/mol. The van der Waals surface area contributed by atoms with Crippen LogP contribution in [0.3, 0.4) is 0 Å². The molecule has 0 aliphatic carbocycles. The minimum Gasteiger partial charge on any atom is -0.491 e. The Morgan fingerprint density at radius 3 is 2.71 bits per heavy atom. The molecule has 4 heteroatoms. The first-order valence-corrected chi connectivity index (χ1v) is 7.90. The van der Waals surface area contributed by atoms with Gasteiger partial charge >= 0.3 is 0 Å². The van der Waals surface area contributed by atoms with E-state index < -0.39 is 6.10 Å².